The van der Waals surface area contributed by atoms with Crippen LogP contribution in [-0.4, -0.2) is 61.5 Å². The van der Waals surface area contributed by atoms with Crippen molar-refractivity contribution in [2.45, 2.75) is 26.7 Å². The Morgan fingerprint density at radius 3 is 2.48 bits per heavy atom. The van der Waals surface area contributed by atoms with Crippen LogP contribution in [0.25, 0.3) is 0 Å². The number of benzene rings is 1. The number of methoxy groups -OCH3 is 1. The van der Waals surface area contributed by atoms with Crippen LogP contribution in [0.3, 0.4) is 0 Å². The summed E-state index contributed by atoms with van der Waals surface area (Å²) in [5.74, 6) is -0.0332. The predicted octanol–water partition coefficient (Wildman–Crippen LogP) is 2.01. The van der Waals surface area contributed by atoms with E-state index in [-0.39, 0.29) is 11.9 Å². The van der Waals surface area contributed by atoms with Crippen LogP contribution in [-0.2, 0) is 9.53 Å². The lowest BCUT2D eigenvalue weighted by molar-refractivity contribution is -0.140. The average molecular weight is 318 g/mol. The number of piperazine rings is 1. The van der Waals surface area contributed by atoms with E-state index in [4.69, 9.17) is 0 Å². The first-order valence-corrected chi connectivity index (χ1v) is 8.17. The van der Waals surface area contributed by atoms with Gasteiger partial charge in [-0.15, -0.1) is 0 Å². The van der Waals surface area contributed by atoms with Crippen LogP contribution in [0.5, 0.6) is 0 Å². The Balaban J connectivity index is 1.83. The van der Waals surface area contributed by atoms with Crippen LogP contribution in [0.2, 0.25) is 0 Å². The van der Waals surface area contributed by atoms with Gasteiger partial charge in [0.05, 0.1) is 7.11 Å². The molecule has 0 aromatic heterocycles. The molecule has 0 radical (unpaired) electrons. The van der Waals surface area contributed by atoms with Crippen LogP contribution in [0.4, 0.5) is 0 Å². The smallest absolute Gasteiger partial charge is 0.305 e. The zero-order valence-electron chi connectivity index (χ0n) is 14.3. The van der Waals surface area contributed by atoms with Crippen molar-refractivity contribution in [2.75, 3.05) is 39.8 Å². The molecule has 0 saturated carbocycles. The predicted molar refractivity (Wildman–Crippen MR) is 89.5 cm³/mol. The summed E-state index contributed by atoms with van der Waals surface area (Å²) in [7, 11) is 1.42. The fraction of sp³-hybridized carbons (Fsp3) is 0.556. The molecule has 1 amide bonds. The van der Waals surface area contributed by atoms with Gasteiger partial charge >= 0.3 is 5.97 Å². The molecular weight excluding hydrogens is 292 g/mol. The number of ether oxygens (including phenoxy) is 1. The Morgan fingerprint density at radius 2 is 1.83 bits per heavy atom. The van der Waals surface area contributed by atoms with Gasteiger partial charge in [-0.3, -0.25) is 14.5 Å². The highest BCUT2D eigenvalue weighted by atomic mass is 16.5. The Morgan fingerprint density at radius 1 is 1.13 bits per heavy atom. The fourth-order valence-corrected chi connectivity index (χ4v) is 2.88. The number of carbonyl (C=O) groups excluding carboxylic acids is 2. The molecule has 1 aromatic rings. The van der Waals surface area contributed by atoms with Crippen LogP contribution >= 0.6 is 0 Å². The maximum atomic E-state index is 12.7. The summed E-state index contributed by atoms with van der Waals surface area (Å²) in [6.45, 7) is 8.11. The molecule has 1 aliphatic rings. The van der Waals surface area contributed by atoms with Gasteiger partial charge in [0.2, 0.25) is 0 Å². The van der Waals surface area contributed by atoms with E-state index in [0.29, 0.717) is 6.42 Å². The Bertz CT molecular complexity index is 563. The van der Waals surface area contributed by atoms with E-state index >= 15 is 0 Å². The van der Waals surface area contributed by atoms with E-state index in [0.717, 1.165) is 55.8 Å². The van der Waals surface area contributed by atoms with Gasteiger partial charge in [0.15, 0.2) is 0 Å². The molecule has 0 N–H and O–H groups in total. The van der Waals surface area contributed by atoms with Gasteiger partial charge in [-0.1, -0.05) is 12.1 Å². The summed E-state index contributed by atoms with van der Waals surface area (Å²) in [5.41, 5.74) is 3.03. The third kappa shape index (κ3) is 4.55. The minimum atomic E-state index is -0.159. The lowest BCUT2D eigenvalue weighted by Crippen LogP contribution is -2.49. The van der Waals surface area contributed by atoms with E-state index in [2.05, 4.69) is 9.64 Å². The van der Waals surface area contributed by atoms with Gasteiger partial charge < -0.3 is 9.64 Å². The Hall–Kier alpha value is -1.88. The molecule has 1 heterocycles. The molecule has 0 bridgehead atoms. The number of hydrogen-bond donors (Lipinski definition) is 0. The molecule has 1 aliphatic heterocycles. The second kappa shape index (κ2) is 8.11. The van der Waals surface area contributed by atoms with Gasteiger partial charge in [0.25, 0.3) is 5.91 Å². The second-order valence-corrected chi connectivity index (χ2v) is 6.06. The highest BCUT2D eigenvalue weighted by Gasteiger charge is 2.23. The van der Waals surface area contributed by atoms with Crippen molar-refractivity contribution in [3.05, 3.63) is 34.9 Å². The third-order valence-electron chi connectivity index (χ3n) is 4.58. The van der Waals surface area contributed by atoms with Crippen molar-refractivity contribution >= 4 is 11.9 Å². The van der Waals surface area contributed by atoms with Gasteiger partial charge in [-0.2, -0.15) is 0 Å². The van der Waals surface area contributed by atoms with E-state index in [9.17, 15) is 9.59 Å². The number of hydrogen-bond acceptors (Lipinski definition) is 4. The maximum Gasteiger partial charge on any atom is 0.305 e. The summed E-state index contributed by atoms with van der Waals surface area (Å²) in [6.07, 6.45) is 1.26. The fourth-order valence-electron chi connectivity index (χ4n) is 2.88. The van der Waals surface area contributed by atoms with E-state index in [1.54, 1.807) is 0 Å². The van der Waals surface area contributed by atoms with Crippen molar-refractivity contribution in [1.29, 1.82) is 0 Å². The highest BCUT2D eigenvalue weighted by molar-refractivity contribution is 5.96. The molecule has 5 heteroatoms. The average Bonchev–Trinajstić information content (AvgIpc) is 2.57. The molecule has 0 atom stereocenters. The first kappa shape index (κ1) is 17.5. The van der Waals surface area contributed by atoms with E-state index in [1.165, 1.54) is 7.11 Å². The summed E-state index contributed by atoms with van der Waals surface area (Å²) in [4.78, 5) is 28.0. The standard InChI is InChI=1S/C18H26N2O3/c1-14-6-4-7-16(15(14)2)18(22)20-12-10-19(11-13-20)9-5-8-17(21)23-3/h4,6-7H,5,8-13H2,1-3H3. The zero-order chi connectivity index (χ0) is 16.8. The zero-order valence-corrected chi connectivity index (χ0v) is 14.3. The van der Waals surface area contributed by atoms with Crippen LogP contribution in [0.15, 0.2) is 18.2 Å². The SMILES string of the molecule is COC(=O)CCCN1CCN(C(=O)c2cccc(C)c2C)CC1. The molecule has 1 saturated heterocycles. The van der Waals surface area contributed by atoms with Crippen molar-refractivity contribution in [3.8, 4) is 0 Å². The summed E-state index contributed by atoms with van der Waals surface area (Å²) >= 11 is 0. The normalized spacial score (nSPS) is 15.5. The van der Waals surface area contributed by atoms with Crippen LogP contribution in [0.1, 0.15) is 34.3 Å². The largest absolute Gasteiger partial charge is 0.469 e. The number of esters is 1. The Labute approximate surface area is 138 Å². The minimum Gasteiger partial charge on any atom is -0.469 e. The molecule has 0 aliphatic carbocycles. The van der Waals surface area contributed by atoms with Gasteiger partial charge in [-0.05, 0) is 44.0 Å². The number of nitrogens with zero attached hydrogens (tertiary/aromatic N) is 2. The summed E-state index contributed by atoms with van der Waals surface area (Å²) < 4.78 is 4.65. The number of rotatable bonds is 5. The summed E-state index contributed by atoms with van der Waals surface area (Å²) in [6, 6.07) is 5.89. The molecule has 0 spiro atoms. The van der Waals surface area contributed by atoms with E-state index < -0.39 is 0 Å². The van der Waals surface area contributed by atoms with Gasteiger partial charge in [0.1, 0.15) is 0 Å². The molecule has 1 aromatic carbocycles. The molecule has 2 rings (SSSR count). The van der Waals surface area contributed by atoms with Crippen molar-refractivity contribution in [1.82, 2.24) is 9.80 Å². The highest BCUT2D eigenvalue weighted by Crippen LogP contribution is 2.16. The minimum absolute atomic E-state index is 0.125. The number of carbonyl (C=O) groups is 2. The lowest BCUT2D eigenvalue weighted by atomic mass is 10.0. The van der Waals surface area contributed by atoms with Crippen molar-refractivity contribution in [3.63, 3.8) is 0 Å². The van der Waals surface area contributed by atoms with Gasteiger partial charge in [-0.25, -0.2) is 0 Å². The molecule has 23 heavy (non-hydrogen) atoms. The first-order valence-electron chi connectivity index (χ1n) is 8.17. The van der Waals surface area contributed by atoms with Crippen molar-refractivity contribution in [2.24, 2.45) is 0 Å². The lowest BCUT2D eigenvalue weighted by Gasteiger charge is -2.35. The molecule has 1 fully saturated rings. The summed E-state index contributed by atoms with van der Waals surface area (Å²) in [5, 5.41) is 0. The second-order valence-electron chi connectivity index (χ2n) is 6.06. The topological polar surface area (TPSA) is 49.9 Å². The molecule has 126 valence electrons. The van der Waals surface area contributed by atoms with Gasteiger partial charge in [0, 0.05) is 38.2 Å². The molecule has 5 nitrogen and oxygen atoms in total. The van der Waals surface area contributed by atoms with Crippen LogP contribution in [0, 0.1) is 13.8 Å². The maximum absolute atomic E-state index is 12.7. The van der Waals surface area contributed by atoms with Crippen molar-refractivity contribution < 1.29 is 14.3 Å². The Kier molecular flexibility index (Phi) is 6.16. The monoisotopic (exact) mass is 318 g/mol. The van der Waals surface area contributed by atoms with E-state index in [1.807, 2.05) is 36.9 Å². The third-order valence-corrected chi connectivity index (χ3v) is 4.58. The molecule has 0 unspecified atom stereocenters. The first-order chi connectivity index (χ1) is 11.0. The van der Waals surface area contributed by atoms with Crippen LogP contribution < -0.4 is 0 Å². The molecular formula is C18H26N2O3. The number of aryl methyl sites for hydroxylation is 1. The number of amides is 1. The quantitative estimate of drug-likeness (QED) is 0.779.